The first-order valence-corrected chi connectivity index (χ1v) is 9.57. The molecule has 2 aromatic carbocycles. The molecule has 0 radical (unpaired) electrons. The number of rotatable bonds is 7. The van der Waals surface area contributed by atoms with Crippen LogP contribution in [0.1, 0.15) is 23.6 Å². The number of carbonyl (C=O) groups excluding carboxylic acids is 1. The van der Waals surface area contributed by atoms with Crippen molar-refractivity contribution >= 4 is 22.4 Å². The second-order valence-electron chi connectivity index (χ2n) is 7.13. The molecule has 0 atom stereocenters. The summed E-state index contributed by atoms with van der Waals surface area (Å²) in [6.45, 7) is 7.02. The van der Waals surface area contributed by atoms with Gasteiger partial charge >= 0.3 is 0 Å². The SMILES string of the molecule is COCCNC(=O)/C=C(\C)c1cc2c(-c3ccc(C)cc3C)coc2cc1OC. The van der Waals surface area contributed by atoms with Gasteiger partial charge in [-0.25, -0.2) is 0 Å². The molecule has 152 valence electrons. The van der Waals surface area contributed by atoms with Crippen molar-refractivity contribution in [3.8, 4) is 16.9 Å². The standard InChI is InChI=1S/C24H27NO4/c1-15-6-7-18(16(2)10-15)21-14-29-23-13-22(28-5)19(12-20(21)23)17(3)11-24(26)25-8-9-27-4/h6-7,10-14H,8-9H2,1-5H3,(H,25,26)/b17-11+. The highest BCUT2D eigenvalue weighted by Gasteiger charge is 2.16. The topological polar surface area (TPSA) is 60.7 Å². The normalized spacial score (nSPS) is 11.7. The summed E-state index contributed by atoms with van der Waals surface area (Å²) in [6, 6.07) is 10.3. The fourth-order valence-corrected chi connectivity index (χ4v) is 3.46. The zero-order valence-electron chi connectivity index (χ0n) is 17.6. The van der Waals surface area contributed by atoms with Crippen molar-refractivity contribution in [1.29, 1.82) is 0 Å². The van der Waals surface area contributed by atoms with Crippen LogP contribution in [0.3, 0.4) is 0 Å². The zero-order chi connectivity index (χ0) is 21.0. The van der Waals surface area contributed by atoms with Crippen LogP contribution in [-0.2, 0) is 9.53 Å². The highest BCUT2D eigenvalue weighted by Crippen LogP contribution is 2.38. The van der Waals surface area contributed by atoms with Crippen molar-refractivity contribution in [2.45, 2.75) is 20.8 Å². The van der Waals surface area contributed by atoms with Crippen LogP contribution in [0, 0.1) is 13.8 Å². The van der Waals surface area contributed by atoms with Crippen LogP contribution in [0.5, 0.6) is 5.75 Å². The lowest BCUT2D eigenvalue weighted by atomic mass is 9.96. The fraction of sp³-hybridized carbons (Fsp3) is 0.292. The molecule has 3 aromatic rings. The van der Waals surface area contributed by atoms with E-state index in [1.165, 1.54) is 11.1 Å². The maximum absolute atomic E-state index is 12.2. The Labute approximate surface area is 171 Å². The van der Waals surface area contributed by atoms with E-state index in [0.717, 1.165) is 33.2 Å². The number of allylic oxidation sites excluding steroid dienone is 1. The van der Waals surface area contributed by atoms with E-state index in [-0.39, 0.29) is 5.91 Å². The van der Waals surface area contributed by atoms with Gasteiger partial charge in [-0.1, -0.05) is 23.8 Å². The Morgan fingerprint density at radius 2 is 1.93 bits per heavy atom. The number of benzene rings is 2. The molecule has 1 heterocycles. The zero-order valence-corrected chi connectivity index (χ0v) is 17.6. The first-order valence-electron chi connectivity index (χ1n) is 9.57. The van der Waals surface area contributed by atoms with Gasteiger partial charge in [0.15, 0.2) is 0 Å². The van der Waals surface area contributed by atoms with Crippen LogP contribution in [0.2, 0.25) is 0 Å². The predicted octanol–water partition coefficient (Wildman–Crippen LogP) is 4.89. The van der Waals surface area contributed by atoms with Crippen molar-refractivity contribution in [3.05, 3.63) is 59.4 Å². The van der Waals surface area contributed by atoms with Gasteiger partial charge in [-0.3, -0.25) is 4.79 Å². The number of hydrogen-bond donors (Lipinski definition) is 1. The van der Waals surface area contributed by atoms with Crippen LogP contribution in [0.4, 0.5) is 0 Å². The predicted molar refractivity (Wildman–Crippen MR) is 116 cm³/mol. The number of furan rings is 1. The summed E-state index contributed by atoms with van der Waals surface area (Å²) in [5.74, 6) is 0.501. The Hall–Kier alpha value is -3.05. The van der Waals surface area contributed by atoms with Crippen LogP contribution in [-0.4, -0.2) is 33.3 Å². The molecule has 5 nitrogen and oxygen atoms in total. The molecule has 0 aliphatic carbocycles. The van der Waals surface area contributed by atoms with Crippen molar-refractivity contribution < 1.29 is 18.7 Å². The smallest absolute Gasteiger partial charge is 0.244 e. The molecule has 0 saturated carbocycles. The highest BCUT2D eigenvalue weighted by molar-refractivity contribution is 6.00. The van der Waals surface area contributed by atoms with Crippen LogP contribution in [0.15, 0.2) is 47.1 Å². The maximum Gasteiger partial charge on any atom is 0.244 e. The van der Waals surface area contributed by atoms with Gasteiger partial charge in [0.1, 0.15) is 11.3 Å². The lowest BCUT2D eigenvalue weighted by Gasteiger charge is -2.11. The summed E-state index contributed by atoms with van der Waals surface area (Å²) in [4.78, 5) is 12.2. The van der Waals surface area contributed by atoms with Gasteiger partial charge in [0.05, 0.1) is 20.0 Å². The Morgan fingerprint density at radius 3 is 2.62 bits per heavy atom. The Kier molecular flexibility index (Phi) is 6.39. The van der Waals surface area contributed by atoms with Crippen molar-refractivity contribution in [2.75, 3.05) is 27.4 Å². The molecular weight excluding hydrogens is 366 g/mol. The van der Waals surface area contributed by atoms with E-state index >= 15 is 0 Å². The van der Waals surface area contributed by atoms with E-state index in [1.54, 1.807) is 26.6 Å². The van der Waals surface area contributed by atoms with Crippen molar-refractivity contribution in [3.63, 3.8) is 0 Å². The summed E-state index contributed by atoms with van der Waals surface area (Å²) in [5.41, 5.74) is 6.98. The number of ether oxygens (including phenoxy) is 2. The molecule has 0 saturated heterocycles. The molecule has 29 heavy (non-hydrogen) atoms. The Bertz CT molecular complexity index is 1060. The number of carbonyl (C=O) groups is 1. The highest BCUT2D eigenvalue weighted by atomic mass is 16.5. The third kappa shape index (κ3) is 4.51. The van der Waals surface area contributed by atoms with E-state index in [2.05, 4.69) is 37.4 Å². The molecule has 1 N–H and O–H groups in total. The van der Waals surface area contributed by atoms with Crippen molar-refractivity contribution in [1.82, 2.24) is 5.32 Å². The largest absolute Gasteiger partial charge is 0.496 e. The summed E-state index contributed by atoms with van der Waals surface area (Å²) in [6.07, 6.45) is 3.36. The van der Waals surface area contributed by atoms with Crippen molar-refractivity contribution in [2.24, 2.45) is 0 Å². The minimum atomic E-state index is -0.163. The number of methoxy groups -OCH3 is 2. The van der Waals surface area contributed by atoms with Gasteiger partial charge in [0.2, 0.25) is 5.91 Å². The molecule has 0 unspecified atom stereocenters. The summed E-state index contributed by atoms with van der Waals surface area (Å²) in [7, 11) is 3.22. The third-order valence-electron chi connectivity index (χ3n) is 4.95. The fourth-order valence-electron chi connectivity index (χ4n) is 3.46. The Morgan fingerprint density at radius 1 is 1.14 bits per heavy atom. The molecule has 0 aliphatic rings. The van der Waals surface area contributed by atoms with Crippen LogP contribution in [0.25, 0.3) is 27.7 Å². The lowest BCUT2D eigenvalue weighted by molar-refractivity contribution is -0.116. The first-order chi connectivity index (χ1) is 13.9. The average Bonchev–Trinajstić information content (AvgIpc) is 3.09. The third-order valence-corrected chi connectivity index (χ3v) is 4.95. The van der Waals surface area contributed by atoms with Crippen LogP contribution >= 0.6 is 0 Å². The number of hydrogen-bond acceptors (Lipinski definition) is 4. The summed E-state index contributed by atoms with van der Waals surface area (Å²) in [5, 5.41) is 3.79. The monoisotopic (exact) mass is 393 g/mol. The molecule has 1 amide bonds. The van der Waals surface area contributed by atoms with E-state index in [4.69, 9.17) is 13.9 Å². The first kappa shape index (κ1) is 20.7. The number of nitrogens with one attached hydrogen (secondary N) is 1. The second kappa shape index (κ2) is 8.97. The summed E-state index contributed by atoms with van der Waals surface area (Å²) >= 11 is 0. The minimum absolute atomic E-state index is 0.163. The Balaban J connectivity index is 2.04. The number of aryl methyl sites for hydroxylation is 2. The molecule has 0 spiro atoms. The van der Waals surface area contributed by atoms with E-state index in [0.29, 0.717) is 18.9 Å². The molecule has 1 aromatic heterocycles. The van der Waals surface area contributed by atoms with E-state index in [1.807, 2.05) is 19.1 Å². The van der Waals surface area contributed by atoms with Gasteiger partial charge in [-0.15, -0.1) is 0 Å². The van der Waals surface area contributed by atoms with Crippen LogP contribution < -0.4 is 10.1 Å². The molecule has 3 rings (SSSR count). The lowest BCUT2D eigenvalue weighted by Crippen LogP contribution is -2.25. The summed E-state index contributed by atoms with van der Waals surface area (Å²) < 4.78 is 16.3. The number of fused-ring (bicyclic) bond motifs is 1. The van der Waals surface area contributed by atoms with E-state index in [9.17, 15) is 4.79 Å². The second-order valence-corrected chi connectivity index (χ2v) is 7.13. The molecule has 0 aliphatic heterocycles. The average molecular weight is 393 g/mol. The minimum Gasteiger partial charge on any atom is -0.496 e. The number of amides is 1. The quantitative estimate of drug-likeness (QED) is 0.459. The molecular formula is C24H27NO4. The maximum atomic E-state index is 12.2. The van der Waals surface area contributed by atoms with E-state index < -0.39 is 0 Å². The van der Waals surface area contributed by atoms with Gasteiger partial charge in [0.25, 0.3) is 0 Å². The van der Waals surface area contributed by atoms with Gasteiger partial charge in [-0.05, 0) is 43.5 Å². The van der Waals surface area contributed by atoms with Gasteiger partial charge in [-0.2, -0.15) is 0 Å². The van der Waals surface area contributed by atoms with Gasteiger partial charge in [0, 0.05) is 42.3 Å². The molecule has 5 heteroatoms. The molecule has 0 fully saturated rings. The molecule has 0 bridgehead atoms. The van der Waals surface area contributed by atoms with Gasteiger partial charge < -0.3 is 19.2 Å².